The van der Waals surface area contributed by atoms with E-state index in [1.54, 1.807) is 11.8 Å². The third-order valence-corrected chi connectivity index (χ3v) is 6.26. The minimum absolute atomic E-state index is 0.180. The largest absolute Gasteiger partial charge is 0.343 e. The Morgan fingerprint density at radius 3 is 2.70 bits per heavy atom. The van der Waals surface area contributed by atoms with Gasteiger partial charge in [-0.2, -0.15) is 5.06 Å². The molecule has 1 unspecified atom stereocenters. The number of thiocarbonyl (C=S) groups is 1. The molecule has 5 nitrogen and oxygen atoms in total. The fourth-order valence-corrected chi connectivity index (χ4v) is 5.31. The van der Waals surface area contributed by atoms with Crippen molar-refractivity contribution in [2.24, 2.45) is 0 Å². The average molecular weight is 360 g/mol. The number of unbranched alkanes of at least 4 members (excludes halogenated alkanes) is 1. The van der Waals surface area contributed by atoms with Crippen molar-refractivity contribution in [1.82, 2.24) is 15.3 Å². The van der Waals surface area contributed by atoms with Crippen LogP contribution in [0.3, 0.4) is 0 Å². The lowest BCUT2D eigenvalue weighted by Crippen LogP contribution is -2.58. The molecule has 23 heavy (non-hydrogen) atoms. The number of hydrogen-bond donors (Lipinski definition) is 2. The summed E-state index contributed by atoms with van der Waals surface area (Å²) in [5, 5.41) is 14.4. The molecule has 2 amide bonds. The van der Waals surface area contributed by atoms with Gasteiger partial charge in [0.25, 0.3) is 0 Å². The quantitative estimate of drug-likeness (QED) is 0.442. The van der Waals surface area contributed by atoms with Gasteiger partial charge in [0, 0.05) is 12.6 Å². The normalized spacial score (nSPS) is 24.8. The molecule has 1 saturated heterocycles. The predicted octanol–water partition coefficient (Wildman–Crippen LogP) is 3.96. The van der Waals surface area contributed by atoms with Crippen molar-refractivity contribution in [2.75, 3.05) is 6.54 Å². The molecule has 0 bridgehead atoms. The lowest BCUT2D eigenvalue weighted by Gasteiger charge is -2.37. The van der Waals surface area contributed by atoms with Crippen molar-refractivity contribution >= 4 is 34.3 Å². The van der Waals surface area contributed by atoms with Crippen LogP contribution in [0.15, 0.2) is 0 Å². The van der Waals surface area contributed by atoms with Crippen LogP contribution in [0.5, 0.6) is 0 Å². The summed E-state index contributed by atoms with van der Waals surface area (Å²) in [5.41, 5.74) is 0. The monoisotopic (exact) mass is 359 g/mol. The number of thioether (sulfide) groups is 1. The molecule has 0 radical (unpaired) electrons. The molecule has 0 aromatic rings. The number of amides is 2. The smallest absolute Gasteiger partial charge is 0.334 e. The first kappa shape index (κ1) is 18.8. The Hall–Kier alpha value is -0.530. The van der Waals surface area contributed by atoms with E-state index in [1.165, 1.54) is 6.42 Å². The molecule has 2 N–H and O–H groups in total. The molecule has 132 valence electrons. The van der Waals surface area contributed by atoms with Crippen molar-refractivity contribution in [3.8, 4) is 0 Å². The highest BCUT2D eigenvalue weighted by Gasteiger charge is 2.49. The summed E-state index contributed by atoms with van der Waals surface area (Å²) in [5.74, 6) is 0. The molecule has 1 saturated carbocycles. The molecule has 1 aliphatic heterocycles. The third kappa shape index (κ3) is 4.51. The van der Waals surface area contributed by atoms with Gasteiger partial charge in [-0.3, -0.25) is 5.21 Å². The van der Waals surface area contributed by atoms with E-state index in [4.69, 9.17) is 12.2 Å². The van der Waals surface area contributed by atoms with Gasteiger partial charge in [0.1, 0.15) is 10.5 Å². The van der Waals surface area contributed by atoms with Crippen LogP contribution in [0.2, 0.25) is 0 Å². The van der Waals surface area contributed by atoms with Gasteiger partial charge in [-0.05, 0) is 33.1 Å². The number of nitrogens with zero attached hydrogens (tertiary/aromatic N) is 2. The first-order valence-corrected chi connectivity index (χ1v) is 9.87. The maximum absolute atomic E-state index is 12.5. The molecular formula is C16H29N3O2S2. The molecular weight excluding hydrogens is 330 g/mol. The number of hydrogen-bond acceptors (Lipinski definition) is 4. The maximum Gasteiger partial charge on any atom is 0.343 e. The maximum atomic E-state index is 12.5. The van der Waals surface area contributed by atoms with Crippen LogP contribution >= 0.6 is 24.0 Å². The molecule has 2 fully saturated rings. The second-order valence-electron chi connectivity index (χ2n) is 7.02. The fourth-order valence-electron chi connectivity index (χ4n) is 3.38. The summed E-state index contributed by atoms with van der Waals surface area (Å²) in [4.78, 5) is 14.5. The number of urea groups is 1. The summed E-state index contributed by atoms with van der Waals surface area (Å²) in [7, 11) is 0. The second kappa shape index (κ2) is 8.03. The van der Waals surface area contributed by atoms with Crippen molar-refractivity contribution in [3.05, 3.63) is 0 Å². The highest BCUT2D eigenvalue weighted by Crippen LogP contribution is 2.42. The van der Waals surface area contributed by atoms with Gasteiger partial charge in [0.2, 0.25) is 0 Å². The summed E-state index contributed by atoms with van der Waals surface area (Å²) in [6.07, 6.45) is 7.15. The molecule has 0 spiro atoms. The van der Waals surface area contributed by atoms with E-state index in [2.05, 4.69) is 12.2 Å². The zero-order valence-corrected chi connectivity index (χ0v) is 16.0. The van der Waals surface area contributed by atoms with Crippen molar-refractivity contribution in [1.29, 1.82) is 0 Å². The highest BCUT2D eigenvalue weighted by molar-refractivity contribution is 8.24. The standard InChI is InChI=1S/C16H29N3O2S2/c1-4-5-11-18-13(16(2,3)23-15(18)22)19(21)14(20)17-12-9-7-6-8-10-12/h12-13,21H,4-11H2,1-3H3,(H,17,20). The van der Waals surface area contributed by atoms with Crippen LogP contribution in [-0.2, 0) is 0 Å². The first-order chi connectivity index (χ1) is 10.9. The molecule has 0 aromatic carbocycles. The number of hydroxylamine groups is 2. The van der Waals surface area contributed by atoms with Gasteiger partial charge < -0.3 is 10.2 Å². The molecule has 7 heteroatoms. The Kier molecular flexibility index (Phi) is 6.57. The van der Waals surface area contributed by atoms with Crippen LogP contribution in [0.1, 0.15) is 65.7 Å². The second-order valence-corrected chi connectivity index (χ2v) is 9.31. The van der Waals surface area contributed by atoms with Gasteiger partial charge >= 0.3 is 6.03 Å². The van der Waals surface area contributed by atoms with E-state index in [0.29, 0.717) is 0 Å². The van der Waals surface area contributed by atoms with E-state index in [1.807, 2.05) is 18.7 Å². The van der Waals surface area contributed by atoms with Crippen LogP contribution < -0.4 is 5.32 Å². The Morgan fingerprint density at radius 2 is 2.09 bits per heavy atom. The SMILES string of the molecule is CCCCN1C(=S)SC(C)(C)C1N(O)C(=O)NC1CCCCC1. The summed E-state index contributed by atoms with van der Waals surface area (Å²) >= 11 is 7.02. The molecule has 0 aromatic heterocycles. The van der Waals surface area contributed by atoms with E-state index in [-0.39, 0.29) is 10.8 Å². The number of carbonyl (C=O) groups is 1. The average Bonchev–Trinajstić information content (AvgIpc) is 2.73. The first-order valence-electron chi connectivity index (χ1n) is 8.65. The predicted molar refractivity (Wildman–Crippen MR) is 98.7 cm³/mol. The zero-order chi connectivity index (χ0) is 17.0. The molecule has 2 aliphatic rings. The van der Waals surface area contributed by atoms with Crippen LogP contribution in [0.25, 0.3) is 0 Å². The van der Waals surface area contributed by atoms with Gasteiger partial charge in [0.05, 0.1) is 4.75 Å². The van der Waals surface area contributed by atoms with Gasteiger partial charge in [-0.25, -0.2) is 4.79 Å². The van der Waals surface area contributed by atoms with Gasteiger partial charge in [0.15, 0.2) is 0 Å². The van der Waals surface area contributed by atoms with E-state index < -0.39 is 12.2 Å². The van der Waals surface area contributed by atoms with E-state index in [9.17, 15) is 10.0 Å². The lowest BCUT2D eigenvalue weighted by molar-refractivity contribution is -0.119. The lowest BCUT2D eigenvalue weighted by atomic mass is 9.96. The minimum Gasteiger partial charge on any atom is -0.334 e. The topological polar surface area (TPSA) is 55.8 Å². The van der Waals surface area contributed by atoms with Crippen LogP contribution in [0.4, 0.5) is 4.79 Å². The van der Waals surface area contributed by atoms with Crippen molar-refractivity contribution in [2.45, 2.75) is 82.7 Å². The summed E-state index contributed by atoms with van der Waals surface area (Å²) in [6, 6.07) is -0.221. The fraction of sp³-hybridized carbons (Fsp3) is 0.875. The highest BCUT2D eigenvalue weighted by atomic mass is 32.2. The number of carbonyl (C=O) groups excluding carboxylic acids is 1. The molecule has 1 aliphatic carbocycles. The van der Waals surface area contributed by atoms with E-state index in [0.717, 1.165) is 54.5 Å². The van der Waals surface area contributed by atoms with Gasteiger partial charge in [-0.1, -0.05) is 56.6 Å². The minimum atomic E-state index is -0.421. The molecule has 2 rings (SSSR count). The van der Waals surface area contributed by atoms with E-state index >= 15 is 0 Å². The molecule has 1 atom stereocenters. The summed E-state index contributed by atoms with van der Waals surface area (Å²) in [6.45, 7) is 6.94. The zero-order valence-electron chi connectivity index (χ0n) is 14.4. The molecule has 1 heterocycles. The Morgan fingerprint density at radius 1 is 1.43 bits per heavy atom. The Labute approximate surface area is 149 Å². The number of nitrogens with one attached hydrogen (secondary N) is 1. The van der Waals surface area contributed by atoms with Crippen molar-refractivity contribution < 1.29 is 10.0 Å². The van der Waals surface area contributed by atoms with Crippen LogP contribution in [0, 0.1) is 0 Å². The summed E-state index contributed by atoms with van der Waals surface area (Å²) < 4.78 is 0.432. The van der Waals surface area contributed by atoms with Crippen LogP contribution in [-0.4, -0.2) is 49.0 Å². The third-order valence-electron chi connectivity index (χ3n) is 4.63. The van der Waals surface area contributed by atoms with Crippen molar-refractivity contribution in [3.63, 3.8) is 0 Å². The number of rotatable bonds is 5. The Balaban J connectivity index is 2.05. The van der Waals surface area contributed by atoms with Gasteiger partial charge in [-0.15, -0.1) is 0 Å². The Bertz CT molecular complexity index is 439.